The van der Waals surface area contributed by atoms with Gasteiger partial charge in [0.1, 0.15) is 11.6 Å². The van der Waals surface area contributed by atoms with Crippen LogP contribution in [-0.2, 0) is 17.8 Å². The fourth-order valence-corrected chi connectivity index (χ4v) is 4.01. The number of amides is 1. The first-order valence-corrected chi connectivity index (χ1v) is 11.3. The summed E-state index contributed by atoms with van der Waals surface area (Å²) < 4.78 is 19.0. The Morgan fingerprint density at radius 1 is 1.00 bits per heavy atom. The molecular weight excluding hydrogens is 377 g/mol. The molecule has 0 saturated heterocycles. The second-order valence-electron chi connectivity index (χ2n) is 8.79. The van der Waals surface area contributed by atoms with Gasteiger partial charge in [-0.1, -0.05) is 57.4 Å². The lowest BCUT2D eigenvalue weighted by Crippen LogP contribution is -2.41. The van der Waals surface area contributed by atoms with Crippen molar-refractivity contribution < 1.29 is 13.9 Å². The molecule has 1 aliphatic carbocycles. The molecule has 3 rings (SSSR count). The van der Waals surface area contributed by atoms with Gasteiger partial charge in [-0.3, -0.25) is 4.79 Å². The Morgan fingerprint density at radius 3 is 2.27 bits per heavy atom. The van der Waals surface area contributed by atoms with Crippen LogP contribution in [0.3, 0.4) is 0 Å². The van der Waals surface area contributed by atoms with Crippen LogP contribution in [-0.4, -0.2) is 23.5 Å². The fourth-order valence-electron chi connectivity index (χ4n) is 4.01. The van der Waals surface area contributed by atoms with Crippen LogP contribution >= 0.6 is 0 Å². The summed E-state index contributed by atoms with van der Waals surface area (Å²) in [4.78, 5) is 15.2. The molecule has 4 heteroatoms. The summed E-state index contributed by atoms with van der Waals surface area (Å²) >= 11 is 0. The van der Waals surface area contributed by atoms with Crippen molar-refractivity contribution in [1.82, 2.24) is 4.90 Å². The van der Waals surface area contributed by atoms with Crippen molar-refractivity contribution in [3.8, 4) is 5.75 Å². The summed E-state index contributed by atoms with van der Waals surface area (Å²) in [6.45, 7) is 5.53. The van der Waals surface area contributed by atoms with Gasteiger partial charge in [0.2, 0.25) is 5.91 Å². The van der Waals surface area contributed by atoms with E-state index in [1.165, 1.54) is 31.4 Å². The van der Waals surface area contributed by atoms with Crippen molar-refractivity contribution in [3.63, 3.8) is 0 Å². The minimum atomic E-state index is -0.241. The van der Waals surface area contributed by atoms with E-state index in [2.05, 4.69) is 13.8 Å². The van der Waals surface area contributed by atoms with Crippen LogP contribution in [0.4, 0.5) is 4.39 Å². The van der Waals surface area contributed by atoms with Crippen LogP contribution in [0, 0.1) is 11.7 Å². The molecule has 0 bridgehead atoms. The maximum Gasteiger partial charge on any atom is 0.223 e. The number of carbonyl (C=O) groups is 1. The third-order valence-corrected chi connectivity index (χ3v) is 5.74. The van der Waals surface area contributed by atoms with E-state index in [0.29, 0.717) is 31.5 Å². The molecular formula is C26H34FNO2. The maximum atomic E-state index is 13.3. The average Bonchev–Trinajstić information content (AvgIpc) is 2.77. The number of aryl methyl sites for hydroxylation is 1. The summed E-state index contributed by atoms with van der Waals surface area (Å²) in [5.74, 6) is 1.31. The lowest BCUT2D eigenvalue weighted by Gasteiger charge is -2.34. The van der Waals surface area contributed by atoms with Crippen LogP contribution in [0.2, 0.25) is 0 Å². The van der Waals surface area contributed by atoms with Gasteiger partial charge in [-0.2, -0.15) is 0 Å². The number of nitrogens with zero attached hydrogens (tertiary/aromatic N) is 1. The largest absolute Gasteiger partial charge is 0.493 e. The molecule has 0 aromatic heterocycles. The van der Waals surface area contributed by atoms with Crippen molar-refractivity contribution in [3.05, 3.63) is 65.5 Å². The molecule has 1 fully saturated rings. The van der Waals surface area contributed by atoms with Crippen LogP contribution in [0.1, 0.15) is 63.5 Å². The van der Waals surface area contributed by atoms with E-state index in [-0.39, 0.29) is 11.7 Å². The molecule has 0 radical (unpaired) electrons. The molecule has 0 spiro atoms. The summed E-state index contributed by atoms with van der Waals surface area (Å²) in [5, 5.41) is 0. The van der Waals surface area contributed by atoms with Gasteiger partial charge in [0.05, 0.1) is 6.61 Å². The van der Waals surface area contributed by atoms with Crippen LogP contribution < -0.4 is 4.74 Å². The molecule has 162 valence electrons. The Hall–Kier alpha value is -2.36. The van der Waals surface area contributed by atoms with E-state index in [4.69, 9.17) is 4.74 Å². The minimum absolute atomic E-state index is 0.186. The van der Waals surface area contributed by atoms with E-state index in [9.17, 15) is 9.18 Å². The first-order chi connectivity index (χ1) is 14.5. The van der Waals surface area contributed by atoms with Gasteiger partial charge < -0.3 is 9.64 Å². The SMILES string of the molecule is CC(C)COc1ccc(CCC(=O)N(Cc2ccc(F)cc2)C2CCCCC2)cc1. The summed E-state index contributed by atoms with van der Waals surface area (Å²) in [6.07, 6.45) is 6.94. The highest BCUT2D eigenvalue weighted by molar-refractivity contribution is 5.77. The zero-order chi connectivity index (χ0) is 21.3. The van der Waals surface area contributed by atoms with Crippen molar-refractivity contribution >= 4 is 5.91 Å². The molecule has 1 amide bonds. The molecule has 1 saturated carbocycles. The predicted molar refractivity (Wildman–Crippen MR) is 119 cm³/mol. The summed E-state index contributed by atoms with van der Waals surface area (Å²) in [6, 6.07) is 14.9. The number of ether oxygens (including phenoxy) is 1. The van der Waals surface area contributed by atoms with Gasteiger partial charge in [0.25, 0.3) is 0 Å². The molecule has 2 aromatic rings. The van der Waals surface area contributed by atoms with Crippen molar-refractivity contribution in [2.45, 2.75) is 71.4 Å². The number of benzene rings is 2. The van der Waals surface area contributed by atoms with E-state index in [1.807, 2.05) is 29.2 Å². The van der Waals surface area contributed by atoms with Gasteiger partial charge >= 0.3 is 0 Å². The van der Waals surface area contributed by atoms with E-state index >= 15 is 0 Å². The van der Waals surface area contributed by atoms with Crippen LogP contribution in [0.5, 0.6) is 5.75 Å². The Balaban J connectivity index is 1.60. The summed E-state index contributed by atoms with van der Waals surface area (Å²) in [7, 11) is 0. The monoisotopic (exact) mass is 411 g/mol. The first kappa shape index (κ1) is 22.3. The molecule has 0 atom stereocenters. The maximum absolute atomic E-state index is 13.3. The van der Waals surface area contributed by atoms with Gasteiger partial charge in [-0.15, -0.1) is 0 Å². The topological polar surface area (TPSA) is 29.5 Å². The van der Waals surface area contributed by atoms with Crippen molar-refractivity contribution in [1.29, 1.82) is 0 Å². The second-order valence-corrected chi connectivity index (χ2v) is 8.79. The Morgan fingerprint density at radius 2 is 1.63 bits per heavy atom. The molecule has 1 aliphatic rings. The highest BCUT2D eigenvalue weighted by atomic mass is 19.1. The Kier molecular flexibility index (Phi) is 8.30. The normalized spacial score (nSPS) is 14.7. The smallest absolute Gasteiger partial charge is 0.223 e. The lowest BCUT2D eigenvalue weighted by molar-refractivity contribution is -0.134. The number of hydrogen-bond acceptors (Lipinski definition) is 2. The molecule has 2 aromatic carbocycles. The third-order valence-electron chi connectivity index (χ3n) is 5.74. The fraction of sp³-hybridized carbons (Fsp3) is 0.500. The van der Waals surface area contributed by atoms with Gasteiger partial charge in [-0.05, 0) is 60.6 Å². The zero-order valence-electron chi connectivity index (χ0n) is 18.3. The Labute approximate surface area is 180 Å². The molecule has 0 N–H and O–H groups in total. The summed E-state index contributed by atoms with van der Waals surface area (Å²) in [5.41, 5.74) is 2.13. The zero-order valence-corrected chi connectivity index (χ0v) is 18.3. The predicted octanol–water partition coefficient (Wildman–Crippen LogP) is 6.15. The lowest BCUT2D eigenvalue weighted by atomic mass is 9.93. The molecule has 0 aliphatic heterocycles. The first-order valence-electron chi connectivity index (χ1n) is 11.3. The van der Waals surface area contributed by atoms with Gasteiger partial charge in [-0.25, -0.2) is 4.39 Å². The van der Waals surface area contributed by atoms with Crippen molar-refractivity contribution in [2.75, 3.05) is 6.61 Å². The third kappa shape index (κ3) is 6.86. The highest BCUT2D eigenvalue weighted by Crippen LogP contribution is 2.25. The van der Waals surface area contributed by atoms with Crippen LogP contribution in [0.25, 0.3) is 0 Å². The quantitative estimate of drug-likeness (QED) is 0.495. The Bertz CT molecular complexity index is 780. The minimum Gasteiger partial charge on any atom is -0.493 e. The highest BCUT2D eigenvalue weighted by Gasteiger charge is 2.25. The molecule has 0 heterocycles. The molecule has 0 unspecified atom stereocenters. The van der Waals surface area contributed by atoms with Crippen LogP contribution in [0.15, 0.2) is 48.5 Å². The number of hydrogen-bond donors (Lipinski definition) is 0. The van der Waals surface area contributed by atoms with E-state index in [1.54, 1.807) is 12.1 Å². The average molecular weight is 412 g/mol. The molecule has 3 nitrogen and oxygen atoms in total. The van der Waals surface area contributed by atoms with E-state index < -0.39 is 0 Å². The van der Waals surface area contributed by atoms with E-state index in [0.717, 1.165) is 36.1 Å². The van der Waals surface area contributed by atoms with Crippen molar-refractivity contribution in [2.24, 2.45) is 5.92 Å². The van der Waals surface area contributed by atoms with Gasteiger partial charge in [0.15, 0.2) is 0 Å². The number of halogens is 1. The van der Waals surface area contributed by atoms with Gasteiger partial charge in [0, 0.05) is 19.0 Å². The second kappa shape index (κ2) is 11.1. The molecule has 30 heavy (non-hydrogen) atoms. The number of carbonyl (C=O) groups excluding carboxylic acids is 1. The standard InChI is InChI=1S/C26H34FNO2/c1-20(2)19-30-25-15-10-21(11-16-25)12-17-26(29)28(24-6-4-3-5-7-24)18-22-8-13-23(27)14-9-22/h8-11,13-16,20,24H,3-7,12,17-19H2,1-2H3. The number of rotatable bonds is 9.